The lowest BCUT2D eigenvalue weighted by molar-refractivity contribution is -0.118. The van der Waals surface area contributed by atoms with Gasteiger partial charge in [0, 0.05) is 16.7 Å². The van der Waals surface area contributed by atoms with Crippen molar-refractivity contribution in [1.82, 2.24) is 0 Å². The lowest BCUT2D eigenvalue weighted by Gasteiger charge is -2.33. The Morgan fingerprint density at radius 3 is 2.64 bits per heavy atom. The van der Waals surface area contributed by atoms with E-state index in [0.29, 0.717) is 12.8 Å². The molecule has 1 aliphatic heterocycles. The fraction of sp³-hybridized carbons (Fsp3) is 0.300. The molecule has 2 aromatic carbocycles. The van der Waals surface area contributed by atoms with Gasteiger partial charge in [-0.05, 0) is 24.6 Å². The maximum absolute atomic E-state index is 14.7. The van der Waals surface area contributed by atoms with Crippen molar-refractivity contribution in [3.63, 3.8) is 0 Å². The fourth-order valence-corrected chi connectivity index (χ4v) is 3.91. The van der Waals surface area contributed by atoms with Crippen LogP contribution < -0.4 is 10.6 Å². The van der Waals surface area contributed by atoms with E-state index in [0.717, 1.165) is 17.0 Å². The largest absolute Gasteiger partial charge is 0.386 e. The van der Waals surface area contributed by atoms with Crippen molar-refractivity contribution in [3.05, 3.63) is 63.7 Å². The Labute approximate surface area is 165 Å². The topological polar surface area (TPSA) is 83.6 Å². The first-order valence-electron chi connectivity index (χ1n) is 8.83. The number of anilines is 1. The Morgan fingerprint density at radius 2 is 2.00 bits per heavy atom. The van der Waals surface area contributed by atoms with Crippen molar-refractivity contribution in [2.45, 2.75) is 38.3 Å². The number of hydrogen-bond donors (Lipinski definition) is 2. The number of nitrogens with two attached hydrogens (primary N) is 1. The first-order chi connectivity index (χ1) is 13.3. The fourth-order valence-electron chi connectivity index (χ4n) is 3.67. The molecule has 0 saturated carbocycles. The molecule has 0 spiro atoms. The summed E-state index contributed by atoms with van der Waals surface area (Å²) in [5.74, 6) is -2.66. The van der Waals surface area contributed by atoms with E-state index in [9.17, 15) is 23.5 Å². The molecule has 0 aliphatic carbocycles. The third-order valence-corrected chi connectivity index (χ3v) is 5.32. The Hall–Kier alpha value is -2.51. The van der Waals surface area contributed by atoms with E-state index >= 15 is 0 Å². The number of rotatable bonds is 6. The van der Waals surface area contributed by atoms with Gasteiger partial charge in [0.05, 0.1) is 23.2 Å². The molecule has 1 aliphatic rings. The third-order valence-electron chi connectivity index (χ3n) is 4.92. The molecule has 28 heavy (non-hydrogen) atoms. The first kappa shape index (κ1) is 20.2. The predicted molar refractivity (Wildman–Crippen MR) is 101 cm³/mol. The molecule has 2 aromatic rings. The lowest BCUT2D eigenvalue weighted by atomic mass is 9.96. The second-order valence-electron chi connectivity index (χ2n) is 6.67. The Bertz CT molecular complexity index is 951. The Morgan fingerprint density at radius 1 is 1.29 bits per heavy atom. The summed E-state index contributed by atoms with van der Waals surface area (Å²) in [4.78, 5) is 25.6. The van der Waals surface area contributed by atoms with Crippen LogP contribution in [0.15, 0.2) is 30.3 Å². The van der Waals surface area contributed by atoms with Gasteiger partial charge in [0.1, 0.15) is 17.7 Å². The molecular weight excluding hydrogens is 390 g/mol. The lowest BCUT2D eigenvalue weighted by Crippen LogP contribution is -2.42. The van der Waals surface area contributed by atoms with E-state index in [1.54, 1.807) is 0 Å². The predicted octanol–water partition coefficient (Wildman–Crippen LogP) is 3.51. The third kappa shape index (κ3) is 3.36. The van der Waals surface area contributed by atoms with Crippen molar-refractivity contribution < 1.29 is 23.5 Å². The summed E-state index contributed by atoms with van der Waals surface area (Å²) in [6.07, 6.45) is -0.700. The minimum Gasteiger partial charge on any atom is -0.386 e. The number of nitrogens with zero attached hydrogens (tertiary/aromatic N) is 1. The number of aliphatic hydroxyl groups excluding tert-OH is 1. The molecule has 5 nitrogen and oxygen atoms in total. The van der Waals surface area contributed by atoms with Crippen LogP contribution in [0.2, 0.25) is 5.02 Å². The summed E-state index contributed by atoms with van der Waals surface area (Å²) in [5.41, 5.74) is 5.62. The van der Waals surface area contributed by atoms with Crippen LogP contribution in [-0.4, -0.2) is 23.0 Å². The quantitative estimate of drug-likeness (QED) is 0.767. The van der Waals surface area contributed by atoms with Gasteiger partial charge in [-0.2, -0.15) is 0 Å². The van der Waals surface area contributed by atoms with E-state index in [1.807, 2.05) is 6.92 Å². The molecule has 1 heterocycles. The second kappa shape index (κ2) is 7.85. The maximum atomic E-state index is 14.7. The Kier molecular flexibility index (Phi) is 5.67. The number of amides is 2. The van der Waals surface area contributed by atoms with Gasteiger partial charge < -0.3 is 15.7 Å². The highest BCUT2D eigenvalue weighted by atomic mass is 35.5. The van der Waals surface area contributed by atoms with Gasteiger partial charge >= 0.3 is 0 Å². The standard InChI is InChI=1S/C20H19ClF2N2O3/c1-2-4-15(19(27)11-5-3-6-13(22)17(11)21)25-16(26)9-12-10(20(24)28)7-8-14(23)18(12)25/h3,5-8,15,19,27H,2,4,9H2,1H3,(H2,24,28). The zero-order chi connectivity index (χ0) is 20.6. The highest BCUT2D eigenvalue weighted by Crippen LogP contribution is 2.40. The second-order valence-corrected chi connectivity index (χ2v) is 7.05. The molecule has 2 amide bonds. The number of carbonyl (C=O) groups excluding carboxylic acids is 2. The summed E-state index contributed by atoms with van der Waals surface area (Å²) >= 11 is 6.00. The summed E-state index contributed by atoms with van der Waals surface area (Å²) in [6, 6.07) is 5.42. The summed E-state index contributed by atoms with van der Waals surface area (Å²) in [6.45, 7) is 1.84. The highest BCUT2D eigenvalue weighted by molar-refractivity contribution is 6.31. The van der Waals surface area contributed by atoms with E-state index in [2.05, 4.69) is 0 Å². The summed E-state index contributed by atoms with van der Waals surface area (Å²) in [5, 5.41) is 10.7. The van der Waals surface area contributed by atoms with Crippen LogP contribution in [0.3, 0.4) is 0 Å². The minimum atomic E-state index is -1.35. The number of hydrogen-bond acceptors (Lipinski definition) is 3. The van der Waals surface area contributed by atoms with Crippen LogP contribution in [0.1, 0.15) is 47.4 Å². The molecular formula is C20H19ClF2N2O3. The van der Waals surface area contributed by atoms with Gasteiger partial charge in [0.2, 0.25) is 11.8 Å². The molecule has 3 rings (SSSR count). The van der Waals surface area contributed by atoms with Crippen LogP contribution in [0.5, 0.6) is 0 Å². The number of primary amides is 1. The molecule has 8 heteroatoms. The molecule has 0 fully saturated rings. The van der Waals surface area contributed by atoms with E-state index in [1.165, 1.54) is 18.2 Å². The van der Waals surface area contributed by atoms with Crippen LogP contribution >= 0.6 is 11.6 Å². The number of aliphatic hydroxyl groups is 1. The SMILES string of the molecule is CCCC(C(O)c1cccc(F)c1Cl)N1C(=O)Cc2c(C(N)=O)ccc(F)c21. The van der Waals surface area contributed by atoms with E-state index in [-0.39, 0.29) is 33.8 Å². The summed E-state index contributed by atoms with van der Waals surface area (Å²) < 4.78 is 28.5. The number of benzene rings is 2. The van der Waals surface area contributed by atoms with E-state index < -0.39 is 35.6 Å². The van der Waals surface area contributed by atoms with Gasteiger partial charge in [-0.3, -0.25) is 9.59 Å². The molecule has 0 radical (unpaired) electrons. The zero-order valence-electron chi connectivity index (χ0n) is 15.1. The zero-order valence-corrected chi connectivity index (χ0v) is 15.8. The highest BCUT2D eigenvalue weighted by Gasteiger charge is 2.40. The molecule has 148 valence electrons. The van der Waals surface area contributed by atoms with Crippen LogP contribution in [0.4, 0.5) is 14.5 Å². The Balaban J connectivity index is 2.12. The number of halogens is 3. The van der Waals surface area contributed by atoms with Crippen molar-refractivity contribution in [3.8, 4) is 0 Å². The van der Waals surface area contributed by atoms with Crippen molar-refractivity contribution in [1.29, 1.82) is 0 Å². The van der Waals surface area contributed by atoms with Crippen molar-refractivity contribution in [2.75, 3.05) is 4.90 Å². The maximum Gasteiger partial charge on any atom is 0.249 e. The molecule has 0 aromatic heterocycles. The average Bonchev–Trinajstić information content (AvgIpc) is 2.99. The molecule has 3 N–H and O–H groups in total. The van der Waals surface area contributed by atoms with E-state index in [4.69, 9.17) is 17.3 Å². The van der Waals surface area contributed by atoms with Gasteiger partial charge in [-0.25, -0.2) is 8.78 Å². The van der Waals surface area contributed by atoms with Gasteiger partial charge in [-0.1, -0.05) is 37.1 Å². The van der Waals surface area contributed by atoms with Gasteiger partial charge in [0.15, 0.2) is 0 Å². The van der Waals surface area contributed by atoms with Crippen molar-refractivity contribution >= 4 is 29.1 Å². The molecule has 2 atom stereocenters. The molecule has 0 saturated heterocycles. The molecule has 2 unspecified atom stereocenters. The van der Waals surface area contributed by atoms with Crippen LogP contribution in [-0.2, 0) is 11.2 Å². The first-order valence-corrected chi connectivity index (χ1v) is 9.20. The smallest absolute Gasteiger partial charge is 0.249 e. The average molecular weight is 409 g/mol. The summed E-state index contributed by atoms with van der Waals surface area (Å²) in [7, 11) is 0. The van der Waals surface area contributed by atoms with Crippen molar-refractivity contribution in [2.24, 2.45) is 5.73 Å². The normalized spacial score (nSPS) is 15.5. The molecule has 0 bridgehead atoms. The number of fused-ring (bicyclic) bond motifs is 1. The number of carbonyl (C=O) groups is 2. The van der Waals surface area contributed by atoms with Gasteiger partial charge in [0.25, 0.3) is 0 Å². The minimum absolute atomic E-state index is 0.0563. The van der Waals surface area contributed by atoms with Gasteiger partial charge in [-0.15, -0.1) is 0 Å². The monoisotopic (exact) mass is 408 g/mol. The van der Waals surface area contributed by atoms with Crippen LogP contribution in [0.25, 0.3) is 0 Å². The van der Waals surface area contributed by atoms with Crippen LogP contribution in [0, 0.1) is 11.6 Å².